The van der Waals surface area contributed by atoms with Crippen molar-refractivity contribution in [2.75, 3.05) is 24.7 Å². The smallest absolute Gasteiger partial charge is 0.122 e. The van der Waals surface area contributed by atoms with E-state index in [9.17, 15) is 0 Å². The minimum atomic E-state index is 0.577. The van der Waals surface area contributed by atoms with E-state index in [1.54, 1.807) is 0 Å². The van der Waals surface area contributed by atoms with Gasteiger partial charge in [0.2, 0.25) is 0 Å². The summed E-state index contributed by atoms with van der Waals surface area (Å²) in [5.41, 5.74) is 6.84. The first kappa shape index (κ1) is 11.8. The molecule has 2 rings (SSSR count). The van der Waals surface area contributed by atoms with Gasteiger partial charge in [0.15, 0.2) is 0 Å². The number of para-hydroxylation sites is 1. The zero-order valence-corrected chi connectivity index (χ0v) is 10.3. The fraction of sp³-hybridized carbons (Fsp3) is 0.538. The molecule has 0 bridgehead atoms. The molecule has 0 radical (unpaired) electrons. The lowest BCUT2D eigenvalue weighted by atomic mass is 9.95. The van der Waals surface area contributed by atoms with Crippen molar-refractivity contribution in [1.82, 2.24) is 0 Å². The average molecular weight is 237 g/mol. The van der Waals surface area contributed by atoms with Crippen LogP contribution in [0.1, 0.15) is 24.3 Å². The monoisotopic (exact) mass is 237 g/mol. The molecule has 2 nitrogen and oxygen atoms in total. The Balaban J connectivity index is 2.11. The van der Waals surface area contributed by atoms with Crippen LogP contribution in [0.5, 0.6) is 5.75 Å². The van der Waals surface area contributed by atoms with Crippen molar-refractivity contribution in [2.45, 2.75) is 18.8 Å². The fourth-order valence-electron chi connectivity index (χ4n) is 2.10. The first-order valence-electron chi connectivity index (χ1n) is 5.91. The summed E-state index contributed by atoms with van der Waals surface area (Å²) in [6, 6.07) is 8.39. The van der Waals surface area contributed by atoms with Crippen LogP contribution >= 0.6 is 11.8 Å². The lowest BCUT2D eigenvalue weighted by Gasteiger charge is -2.23. The van der Waals surface area contributed by atoms with E-state index in [-0.39, 0.29) is 0 Å². The number of thioether (sulfide) groups is 1. The molecular formula is C13H19NOS. The van der Waals surface area contributed by atoms with E-state index in [2.05, 4.69) is 30.0 Å². The summed E-state index contributed by atoms with van der Waals surface area (Å²) < 4.78 is 5.71. The molecular weight excluding hydrogens is 218 g/mol. The molecule has 1 fully saturated rings. The van der Waals surface area contributed by atoms with Gasteiger partial charge in [0, 0.05) is 12.3 Å². The Morgan fingerprint density at radius 2 is 2.25 bits per heavy atom. The van der Waals surface area contributed by atoms with Gasteiger partial charge in [0.05, 0.1) is 0 Å². The van der Waals surface area contributed by atoms with E-state index >= 15 is 0 Å². The van der Waals surface area contributed by atoms with Crippen LogP contribution in [0.25, 0.3) is 0 Å². The summed E-state index contributed by atoms with van der Waals surface area (Å²) in [6.45, 7) is 1.19. The number of rotatable bonds is 4. The Morgan fingerprint density at radius 1 is 1.38 bits per heavy atom. The van der Waals surface area contributed by atoms with Gasteiger partial charge in [-0.2, -0.15) is 11.8 Å². The van der Waals surface area contributed by atoms with E-state index in [0.29, 0.717) is 19.1 Å². The van der Waals surface area contributed by atoms with E-state index in [4.69, 9.17) is 10.5 Å². The second-order valence-corrected chi connectivity index (χ2v) is 5.24. The highest BCUT2D eigenvalue weighted by Crippen LogP contribution is 2.35. The van der Waals surface area contributed by atoms with Crippen molar-refractivity contribution in [3.05, 3.63) is 29.8 Å². The van der Waals surface area contributed by atoms with Crippen molar-refractivity contribution in [3.8, 4) is 5.75 Å². The molecule has 1 heterocycles. The summed E-state index contributed by atoms with van der Waals surface area (Å²) in [6.07, 6.45) is 2.61. The normalized spacial score (nSPS) is 20.7. The largest absolute Gasteiger partial charge is 0.492 e. The van der Waals surface area contributed by atoms with Crippen LogP contribution in [0.2, 0.25) is 0 Å². The fourth-order valence-corrected chi connectivity index (χ4v) is 3.27. The van der Waals surface area contributed by atoms with Crippen molar-refractivity contribution in [1.29, 1.82) is 0 Å². The van der Waals surface area contributed by atoms with Gasteiger partial charge >= 0.3 is 0 Å². The molecule has 1 unspecified atom stereocenters. The molecule has 2 N–H and O–H groups in total. The quantitative estimate of drug-likeness (QED) is 0.874. The van der Waals surface area contributed by atoms with Crippen LogP contribution in [0, 0.1) is 0 Å². The third kappa shape index (κ3) is 2.92. The maximum Gasteiger partial charge on any atom is 0.122 e. The van der Waals surface area contributed by atoms with Crippen molar-refractivity contribution < 1.29 is 4.74 Å². The van der Waals surface area contributed by atoms with Gasteiger partial charge in [-0.3, -0.25) is 0 Å². The summed E-state index contributed by atoms with van der Waals surface area (Å²) in [4.78, 5) is 0. The number of nitrogens with two attached hydrogens (primary N) is 1. The van der Waals surface area contributed by atoms with Gasteiger partial charge < -0.3 is 10.5 Å². The highest BCUT2D eigenvalue weighted by molar-refractivity contribution is 7.99. The molecule has 16 heavy (non-hydrogen) atoms. The standard InChI is InChI=1S/C13H19NOS/c14-7-8-15-13-6-2-1-5-12(13)11-4-3-9-16-10-11/h1-2,5-6,11H,3-4,7-10,14H2. The zero-order chi connectivity index (χ0) is 11.2. The summed E-state index contributed by atoms with van der Waals surface area (Å²) >= 11 is 2.05. The van der Waals surface area contributed by atoms with E-state index in [1.165, 1.54) is 29.9 Å². The summed E-state index contributed by atoms with van der Waals surface area (Å²) in [7, 11) is 0. The number of hydrogen-bond acceptors (Lipinski definition) is 3. The molecule has 1 aliphatic heterocycles. The minimum Gasteiger partial charge on any atom is -0.492 e. The Kier molecular flexibility index (Phi) is 4.55. The third-order valence-electron chi connectivity index (χ3n) is 2.89. The highest BCUT2D eigenvalue weighted by Gasteiger charge is 2.18. The van der Waals surface area contributed by atoms with Crippen molar-refractivity contribution in [2.24, 2.45) is 5.73 Å². The SMILES string of the molecule is NCCOc1ccccc1C1CCCSC1. The van der Waals surface area contributed by atoms with Crippen LogP contribution in [-0.4, -0.2) is 24.7 Å². The molecule has 1 aliphatic rings. The van der Waals surface area contributed by atoms with Gasteiger partial charge in [-0.05, 0) is 36.1 Å². The Bertz CT molecular complexity index is 323. The lowest BCUT2D eigenvalue weighted by molar-refractivity contribution is 0.322. The average Bonchev–Trinajstić information content (AvgIpc) is 2.38. The van der Waals surface area contributed by atoms with E-state index < -0.39 is 0 Å². The zero-order valence-electron chi connectivity index (χ0n) is 9.52. The van der Waals surface area contributed by atoms with Gasteiger partial charge in [-0.15, -0.1) is 0 Å². The maximum atomic E-state index is 5.71. The maximum absolute atomic E-state index is 5.71. The highest BCUT2D eigenvalue weighted by atomic mass is 32.2. The molecule has 88 valence electrons. The summed E-state index contributed by atoms with van der Waals surface area (Å²) in [5, 5.41) is 0. The number of ether oxygens (including phenoxy) is 1. The lowest BCUT2D eigenvalue weighted by Crippen LogP contribution is -2.14. The number of hydrogen-bond donors (Lipinski definition) is 1. The molecule has 0 spiro atoms. The molecule has 1 aromatic rings. The first-order valence-corrected chi connectivity index (χ1v) is 7.07. The molecule has 0 saturated carbocycles. The predicted octanol–water partition coefficient (Wildman–Crippen LogP) is 2.63. The minimum absolute atomic E-state index is 0.577. The van der Waals surface area contributed by atoms with E-state index in [1.807, 2.05) is 6.07 Å². The van der Waals surface area contributed by atoms with Crippen LogP contribution in [0.15, 0.2) is 24.3 Å². The Hall–Kier alpha value is -0.670. The third-order valence-corrected chi connectivity index (χ3v) is 4.11. The molecule has 3 heteroatoms. The van der Waals surface area contributed by atoms with Crippen LogP contribution in [0.4, 0.5) is 0 Å². The van der Waals surface area contributed by atoms with E-state index in [0.717, 1.165) is 5.75 Å². The van der Waals surface area contributed by atoms with Gasteiger partial charge in [0.25, 0.3) is 0 Å². The van der Waals surface area contributed by atoms with Gasteiger partial charge in [0.1, 0.15) is 12.4 Å². The predicted molar refractivity (Wildman–Crippen MR) is 70.3 cm³/mol. The van der Waals surface area contributed by atoms with Crippen LogP contribution in [0.3, 0.4) is 0 Å². The molecule has 0 amide bonds. The molecule has 0 aromatic heterocycles. The van der Waals surface area contributed by atoms with Crippen LogP contribution in [-0.2, 0) is 0 Å². The summed E-state index contributed by atoms with van der Waals surface area (Å²) in [5.74, 6) is 4.22. The molecule has 1 atom stereocenters. The molecule has 1 aromatic carbocycles. The Labute approximate surface area is 102 Å². The number of benzene rings is 1. The first-order chi connectivity index (χ1) is 7.92. The topological polar surface area (TPSA) is 35.2 Å². The molecule has 1 saturated heterocycles. The molecule has 0 aliphatic carbocycles. The second kappa shape index (κ2) is 6.16. The Morgan fingerprint density at radius 3 is 3.00 bits per heavy atom. The van der Waals surface area contributed by atoms with Gasteiger partial charge in [-0.25, -0.2) is 0 Å². The van der Waals surface area contributed by atoms with Crippen LogP contribution < -0.4 is 10.5 Å². The van der Waals surface area contributed by atoms with Crippen molar-refractivity contribution >= 4 is 11.8 Å². The van der Waals surface area contributed by atoms with Crippen molar-refractivity contribution in [3.63, 3.8) is 0 Å². The second-order valence-electron chi connectivity index (χ2n) is 4.09. The van der Waals surface area contributed by atoms with Gasteiger partial charge in [-0.1, -0.05) is 18.2 Å².